The lowest BCUT2D eigenvalue weighted by Crippen LogP contribution is -1.92. The SMILES string of the molecule is COc1c(C)cc(-c2csc(C#N)n2)cc1C. The van der Waals surface area contributed by atoms with E-state index in [1.165, 1.54) is 11.3 Å². The monoisotopic (exact) mass is 244 g/mol. The number of nitrogens with zero attached hydrogens (tertiary/aromatic N) is 2. The van der Waals surface area contributed by atoms with E-state index in [2.05, 4.69) is 11.1 Å². The molecule has 0 radical (unpaired) electrons. The molecule has 0 spiro atoms. The van der Waals surface area contributed by atoms with Gasteiger partial charge < -0.3 is 4.74 Å². The van der Waals surface area contributed by atoms with Gasteiger partial charge in [-0.1, -0.05) is 0 Å². The molecule has 86 valence electrons. The van der Waals surface area contributed by atoms with Crippen molar-refractivity contribution in [2.45, 2.75) is 13.8 Å². The van der Waals surface area contributed by atoms with Crippen LogP contribution >= 0.6 is 11.3 Å². The Balaban J connectivity index is 2.51. The lowest BCUT2D eigenvalue weighted by Gasteiger charge is -2.10. The molecule has 2 aromatic rings. The molecule has 0 aliphatic carbocycles. The first-order valence-corrected chi connectivity index (χ1v) is 6.05. The molecule has 0 aliphatic rings. The molecule has 17 heavy (non-hydrogen) atoms. The van der Waals surface area contributed by atoms with E-state index in [0.29, 0.717) is 5.01 Å². The molecule has 0 atom stereocenters. The van der Waals surface area contributed by atoms with Crippen LogP contribution in [0, 0.1) is 25.2 Å². The van der Waals surface area contributed by atoms with Crippen LogP contribution in [0.25, 0.3) is 11.3 Å². The maximum Gasteiger partial charge on any atom is 0.194 e. The van der Waals surface area contributed by atoms with Gasteiger partial charge in [-0.25, -0.2) is 4.98 Å². The molecule has 1 heterocycles. The number of thiazole rings is 1. The minimum atomic E-state index is 0.492. The van der Waals surface area contributed by atoms with Gasteiger partial charge in [0.05, 0.1) is 12.8 Å². The third kappa shape index (κ3) is 2.15. The smallest absolute Gasteiger partial charge is 0.194 e. The molecule has 0 bridgehead atoms. The number of rotatable bonds is 2. The van der Waals surface area contributed by atoms with Crippen LogP contribution in [0.15, 0.2) is 17.5 Å². The van der Waals surface area contributed by atoms with Gasteiger partial charge in [-0.3, -0.25) is 0 Å². The van der Waals surface area contributed by atoms with Crippen molar-refractivity contribution < 1.29 is 4.74 Å². The first-order valence-electron chi connectivity index (χ1n) is 5.17. The Kier molecular flexibility index (Phi) is 3.12. The highest BCUT2D eigenvalue weighted by Gasteiger charge is 2.09. The predicted molar refractivity (Wildman–Crippen MR) is 68.3 cm³/mol. The van der Waals surface area contributed by atoms with Crippen molar-refractivity contribution in [3.63, 3.8) is 0 Å². The minimum Gasteiger partial charge on any atom is -0.496 e. The molecule has 0 N–H and O–H groups in total. The quantitative estimate of drug-likeness (QED) is 0.814. The number of hydrogen-bond donors (Lipinski definition) is 0. The fourth-order valence-electron chi connectivity index (χ4n) is 1.88. The Morgan fingerprint density at radius 3 is 2.41 bits per heavy atom. The molecule has 0 saturated carbocycles. The number of benzene rings is 1. The minimum absolute atomic E-state index is 0.492. The Bertz CT molecular complexity index is 573. The summed E-state index contributed by atoms with van der Waals surface area (Å²) in [4.78, 5) is 4.25. The third-order valence-corrected chi connectivity index (χ3v) is 3.31. The van der Waals surface area contributed by atoms with E-state index in [4.69, 9.17) is 10.00 Å². The summed E-state index contributed by atoms with van der Waals surface area (Å²) in [6.45, 7) is 4.01. The molecule has 2 rings (SSSR count). The largest absolute Gasteiger partial charge is 0.496 e. The maximum absolute atomic E-state index is 8.77. The van der Waals surface area contributed by atoms with Crippen LogP contribution in [0.1, 0.15) is 16.1 Å². The molecular weight excluding hydrogens is 232 g/mol. The van der Waals surface area contributed by atoms with Crippen molar-refractivity contribution in [2.75, 3.05) is 7.11 Å². The van der Waals surface area contributed by atoms with Crippen molar-refractivity contribution in [3.8, 4) is 23.1 Å². The molecule has 0 amide bonds. The second-order valence-corrected chi connectivity index (χ2v) is 4.65. The topological polar surface area (TPSA) is 45.9 Å². The van der Waals surface area contributed by atoms with Crippen LogP contribution in [0.5, 0.6) is 5.75 Å². The highest BCUT2D eigenvalue weighted by molar-refractivity contribution is 7.10. The summed E-state index contributed by atoms with van der Waals surface area (Å²) < 4.78 is 5.32. The molecule has 4 heteroatoms. The van der Waals surface area contributed by atoms with Gasteiger partial charge in [-0.15, -0.1) is 11.3 Å². The highest BCUT2D eigenvalue weighted by Crippen LogP contribution is 2.30. The Morgan fingerprint density at radius 1 is 1.29 bits per heavy atom. The van der Waals surface area contributed by atoms with E-state index < -0.39 is 0 Å². The maximum atomic E-state index is 8.77. The van der Waals surface area contributed by atoms with Crippen molar-refractivity contribution in [2.24, 2.45) is 0 Å². The van der Waals surface area contributed by atoms with Gasteiger partial charge in [0.1, 0.15) is 11.8 Å². The lowest BCUT2D eigenvalue weighted by molar-refractivity contribution is 0.408. The molecular formula is C13H12N2OS. The zero-order valence-electron chi connectivity index (χ0n) is 9.94. The predicted octanol–water partition coefficient (Wildman–Crippen LogP) is 3.31. The van der Waals surface area contributed by atoms with Gasteiger partial charge in [-0.05, 0) is 37.1 Å². The van der Waals surface area contributed by atoms with E-state index in [0.717, 1.165) is 28.1 Å². The number of hydrogen-bond acceptors (Lipinski definition) is 4. The van der Waals surface area contributed by atoms with E-state index in [9.17, 15) is 0 Å². The standard InChI is InChI=1S/C13H12N2OS/c1-8-4-10(5-9(2)13(8)16-3)11-7-17-12(6-14)15-11/h4-5,7H,1-3H3. The van der Waals surface area contributed by atoms with Gasteiger partial charge in [-0.2, -0.15) is 5.26 Å². The van der Waals surface area contributed by atoms with Crippen molar-refractivity contribution >= 4 is 11.3 Å². The van der Waals surface area contributed by atoms with Crippen molar-refractivity contribution in [1.29, 1.82) is 5.26 Å². The van der Waals surface area contributed by atoms with E-state index in [1.54, 1.807) is 7.11 Å². The van der Waals surface area contributed by atoms with Crippen LogP contribution < -0.4 is 4.74 Å². The zero-order valence-corrected chi connectivity index (χ0v) is 10.8. The van der Waals surface area contributed by atoms with Crippen LogP contribution in [-0.4, -0.2) is 12.1 Å². The van der Waals surface area contributed by atoms with Crippen LogP contribution in [0.3, 0.4) is 0 Å². The summed E-state index contributed by atoms with van der Waals surface area (Å²) in [7, 11) is 1.67. The van der Waals surface area contributed by atoms with E-state index >= 15 is 0 Å². The average Bonchev–Trinajstić information content (AvgIpc) is 2.77. The van der Waals surface area contributed by atoms with Gasteiger partial charge >= 0.3 is 0 Å². The van der Waals surface area contributed by atoms with Crippen LogP contribution in [0.4, 0.5) is 0 Å². The Morgan fingerprint density at radius 2 is 1.94 bits per heavy atom. The van der Waals surface area contributed by atoms with Gasteiger partial charge in [0, 0.05) is 10.9 Å². The lowest BCUT2D eigenvalue weighted by atomic mass is 10.0. The number of aromatic nitrogens is 1. The number of ether oxygens (including phenoxy) is 1. The number of nitriles is 1. The molecule has 1 aromatic carbocycles. The molecule has 0 aliphatic heterocycles. The van der Waals surface area contributed by atoms with E-state index in [-0.39, 0.29) is 0 Å². The van der Waals surface area contributed by atoms with Gasteiger partial charge in [0.2, 0.25) is 0 Å². The van der Waals surface area contributed by atoms with E-state index in [1.807, 2.05) is 31.4 Å². The summed E-state index contributed by atoms with van der Waals surface area (Å²) in [5.74, 6) is 0.907. The third-order valence-electron chi connectivity index (χ3n) is 2.56. The summed E-state index contributed by atoms with van der Waals surface area (Å²) in [5, 5.41) is 11.2. The average molecular weight is 244 g/mol. The first-order chi connectivity index (χ1) is 8.15. The van der Waals surface area contributed by atoms with Crippen molar-refractivity contribution in [3.05, 3.63) is 33.6 Å². The van der Waals surface area contributed by atoms with Gasteiger partial charge in [0.15, 0.2) is 5.01 Å². The Hall–Kier alpha value is -1.86. The second-order valence-electron chi connectivity index (χ2n) is 3.79. The number of aryl methyl sites for hydroxylation is 2. The summed E-state index contributed by atoms with van der Waals surface area (Å²) in [6, 6.07) is 6.11. The molecule has 0 saturated heterocycles. The molecule has 3 nitrogen and oxygen atoms in total. The first kappa shape index (κ1) is 11.6. The molecule has 0 unspecified atom stereocenters. The second kappa shape index (κ2) is 4.56. The summed E-state index contributed by atoms with van der Waals surface area (Å²) in [6.07, 6.45) is 0. The summed E-state index contributed by atoms with van der Waals surface area (Å²) in [5.41, 5.74) is 4.03. The molecule has 1 aromatic heterocycles. The normalized spacial score (nSPS) is 10.0. The van der Waals surface area contributed by atoms with Crippen LogP contribution in [-0.2, 0) is 0 Å². The fourth-order valence-corrected chi connectivity index (χ4v) is 2.49. The summed E-state index contributed by atoms with van der Waals surface area (Å²) >= 11 is 1.36. The number of methoxy groups -OCH3 is 1. The zero-order chi connectivity index (χ0) is 12.4. The van der Waals surface area contributed by atoms with Gasteiger partial charge in [0.25, 0.3) is 0 Å². The Labute approximate surface area is 104 Å². The van der Waals surface area contributed by atoms with Crippen molar-refractivity contribution in [1.82, 2.24) is 4.98 Å². The molecule has 0 fully saturated rings. The fraction of sp³-hybridized carbons (Fsp3) is 0.231. The highest BCUT2D eigenvalue weighted by atomic mass is 32.1. The van der Waals surface area contributed by atoms with Crippen LogP contribution in [0.2, 0.25) is 0 Å².